The highest BCUT2D eigenvalue weighted by atomic mass is 32.5. The summed E-state index contributed by atoms with van der Waals surface area (Å²) in [4.78, 5) is 12.2. The van der Waals surface area contributed by atoms with Crippen LogP contribution in [0.25, 0.3) is 11.2 Å². The number of hydrogen-bond acceptors (Lipinski definition) is 10. The highest BCUT2D eigenvalue weighted by molar-refractivity contribution is 8.07. The molecule has 25 heavy (non-hydrogen) atoms. The Morgan fingerprint density at radius 1 is 1.52 bits per heavy atom. The summed E-state index contributed by atoms with van der Waals surface area (Å²) in [5.41, 5.74) is 6.68. The van der Waals surface area contributed by atoms with Crippen LogP contribution in [0.2, 0.25) is 0 Å². The van der Waals surface area contributed by atoms with Crippen LogP contribution in [0.15, 0.2) is 25.3 Å². The van der Waals surface area contributed by atoms with Gasteiger partial charge in [-0.15, -0.1) is 6.58 Å². The Balaban J connectivity index is 1.61. The molecule has 3 N–H and O–H groups in total. The second kappa shape index (κ2) is 6.36. The third-order valence-corrected chi connectivity index (χ3v) is 6.29. The number of nitrogen functional groups attached to an aromatic ring is 1. The average Bonchev–Trinajstić information content (AvgIpc) is 3.16. The minimum Gasteiger partial charge on any atom is -0.386 e. The maximum Gasteiger partial charge on any atom is 0.328 e. The molecule has 0 bridgehead atoms. The fourth-order valence-corrected chi connectivity index (χ4v) is 4.86. The molecule has 134 valence electrons. The lowest BCUT2D eigenvalue weighted by molar-refractivity contribution is -0.0613. The first-order chi connectivity index (χ1) is 12.0. The van der Waals surface area contributed by atoms with E-state index in [1.54, 1.807) is 10.6 Å². The Morgan fingerprint density at radius 2 is 2.36 bits per heavy atom. The maximum atomic E-state index is 10.7. The van der Waals surface area contributed by atoms with Crippen molar-refractivity contribution in [3.8, 4) is 0 Å². The van der Waals surface area contributed by atoms with Crippen LogP contribution in [-0.4, -0.2) is 56.2 Å². The van der Waals surface area contributed by atoms with Crippen molar-refractivity contribution in [2.75, 3.05) is 18.9 Å². The summed E-state index contributed by atoms with van der Waals surface area (Å²) in [5, 5.41) is 10.7. The molecule has 12 heteroatoms. The maximum absolute atomic E-state index is 10.7. The van der Waals surface area contributed by atoms with E-state index in [0.717, 1.165) is 0 Å². The summed E-state index contributed by atoms with van der Waals surface area (Å²) in [7, 11) is 0. The van der Waals surface area contributed by atoms with Gasteiger partial charge in [0.15, 0.2) is 17.7 Å². The number of rotatable bonds is 4. The Morgan fingerprint density at radius 3 is 3.16 bits per heavy atom. The number of nitrogens with two attached hydrogens (primary N) is 1. The van der Waals surface area contributed by atoms with Crippen LogP contribution in [0.1, 0.15) is 6.23 Å². The van der Waals surface area contributed by atoms with Crippen LogP contribution in [0.3, 0.4) is 0 Å². The highest BCUT2D eigenvalue weighted by Gasteiger charge is 2.52. The van der Waals surface area contributed by atoms with Gasteiger partial charge >= 0.3 is 6.72 Å². The molecular formula is C13H16N5O5PS. The Labute approximate surface area is 147 Å². The van der Waals surface area contributed by atoms with Crippen LogP contribution in [0.4, 0.5) is 5.82 Å². The largest absolute Gasteiger partial charge is 0.386 e. The summed E-state index contributed by atoms with van der Waals surface area (Å²) in [6.07, 6.45) is 1.44. The van der Waals surface area contributed by atoms with Crippen LogP contribution >= 0.6 is 6.72 Å². The van der Waals surface area contributed by atoms with Crippen molar-refractivity contribution in [3.63, 3.8) is 0 Å². The van der Waals surface area contributed by atoms with E-state index in [2.05, 4.69) is 21.5 Å². The van der Waals surface area contributed by atoms with Crippen LogP contribution in [0.5, 0.6) is 0 Å². The van der Waals surface area contributed by atoms with Crippen molar-refractivity contribution in [1.82, 2.24) is 19.5 Å². The zero-order valence-electron chi connectivity index (χ0n) is 13.0. The number of aliphatic hydroxyl groups excluding tert-OH is 1. The van der Waals surface area contributed by atoms with Gasteiger partial charge in [0.05, 0.1) is 19.5 Å². The number of aliphatic hydroxyl groups is 1. The number of fused-ring (bicyclic) bond motifs is 2. The number of hydrogen-bond donors (Lipinski definition) is 2. The van der Waals surface area contributed by atoms with Gasteiger partial charge in [-0.25, -0.2) is 15.0 Å². The van der Waals surface area contributed by atoms with Gasteiger partial charge in [0, 0.05) is 0 Å². The monoisotopic (exact) mass is 385 g/mol. The molecule has 3 unspecified atom stereocenters. The van der Waals surface area contributed by atoms with E-state index < -0.39 is 31.3 Å². The van der Waals surface area contributed by atoms with E-state index in [4.69, 9.17) is 35.8 Å². The first-order valence-corrected chi connectivity index (χ1v) is 10.0. The van der Waals surface area contributed by atoms with E-state index >= 15 is 0 Å². The molecule has 2 fully saturated rings. The van der Waals surface area contributed by atoms with E-state index in [1.807, 2.05) is 0 Å². The number of ether oxygens (including phenoxy) is 1. The third kappa shape index (κ3) is 2.87. The summed E-state index contributed by atoms with van der Waals surface area (Å²) < 4.78 is 24.2. The molecule has 2 aliphatic heterocycles. The predicted molar refractivity (Wildman–Crippen MR) is 90.9 cm³/mol. The molecule has 5 atom stereocenters. The Hall–Kier alpha value is -1.46. The van der Waals surface area contributed by atoms with Gasteiger partial charge in [-0.3, -0.25) is 9.09 Å². The molecule has 0 spiro atoms. The first kappa shape index (κ1) is 17.0. The zero-order chi connectivity index (χ0) is 17.6. The molecule has 0 aliphatic carbocycles. The van der Waals surface area contributed by atoms with E-state index in [9.17, 15) is 5.11 Å². The van der Waals surface area contributed by atoms with Gasteiger partial charge in [-0.1, -0.05) is 6.08 Å². The SMILES string of the molecule is C=CCOP1(=S)OC[C@H]2O[C@@H](n3cnc4c(N)ncnc43)C(O)C2O1. The zero-order valence-corrected chi connectivity index (χ0v) is 14.7. The minimum absolute atomic E-state index is 0.163. The molecule has 4 heterocycles. The first-order valence-electron chi connectivity index (χ1n) is 7.47. The molecule has 0 radical (unpaired) electrons. The highest BCUT2D eigenvalue weighted by Crippen LogP contribution is 2.57. The Bertz CT molecular complexity index is 862. The smallest absolute Gasteiger partial charge is 0.328 e. The van der Waals surface area contributed by atoms with Gasteiger partial charge in [-0.2, -0.15) is 0 Å². The third-order valence-electron chi connectivity index (χ3n) is 3.97. The molecule has 2 aliphatic rings. The van der Waals surface area contributed by atoms with Gasteiger partial charge in [0.25, 0.3) is 0 Å². The lowest BCUT2D eigenvalue weighted by Gasteiger charge is -2.33. The normalized spacial score (nSPS) is 34.9. The van der Waals surface area contributed by atoms with E-state index in [-0.39, 0.29) is 19.0 Å². The second-order valence-electron chi connectivity index (χ2n) is 5.54. The summed E-state index contributed by atoms with van der Waals surface area (Å²) >= 11 is 5.30. The van der Waals surface area contributed by atoms with E-state index in [0.29, 0.717) is 11.2 Å². The topological polar surface area (TPSA) is 127 Å². The van der Waals surface area contributed by atoms with Crippen molar-refractivity contribution in [1.29, 1.82) is 0 Å². The summed E-state index contributed by atoms with van der Waals surface area (Å²) in [5.74, 6) is 0.251. The molecule has 10 nitrogen and oxygen atoms in total. The van der Waals surface area contributed by atoms with Crippen molar-refractivity contribution < 1.29 is 23.4 Å². The van der Waals surface area contributed by atoms with Crippen molar-refractivity contribution in [2.45, 2.75) is 24.5 Å². The Kier molecular flexibility index (Phi) is 4.32. The molecule has 0 saturated carbocycles. The lowest BCUT2D eigenvalue weighted by atomic mass is 10.1. The average molecular weight is 385 g/mol. The lowest BCUT2D eigenvalue weighted by Crippen LogP contribution is -2.39. The van der Waals surface area contributed by atoms with Gasteiger partial charge in [-0.05, 0) is 11.8 Å². The van der Waals surface area contributed by atoms with Crippen molar-refractivity contribution in [3.05, 3.63) is 25.3 Å². The van der Waals surface area contributed by atoms with E-state index in [1.165, 1.54) is 12.7 Å². The van der Waals surface area contributed by atoms with Gasteiger partial charge < -0.3 is 24.6 Å². The molecule has 2 saturated heterocycles. The number of nitrogens with zero attached hydrogens (tertiary/aromatic N) is 4. The minimum atomic E-state index is -2.95. The summed E-state index contributed by atoms with van der Waals surface area (Å²) in [6.45, 7) is 0.992. The van der Waals surface area contributed by atoms with Crippen molar-refractivity contribution >= 4 is 35.5 Å². The van der Waals surface area contributed by atoms with Crippen molar-refractivity contribution in [2.24, 2.45) is 0 Å². The van der Waals surface area contributed by atoms with Crippen LogP contribution in [-0.2, 0) is 30.1 Å². The molecular weight excluding hydrogens is 369 g/mol. The molecule has 2 aromatic heterocycles. The second-order valence-corrected chi connectivity index (χ2v) is 8.50. The molecule has 0 aromatic carbocycles. The molecule has 0 amide bonds. The van der Waals surface area contributed by atoms with Gasteiger partial charge in [0.1, 0.15) is 30.2 Å². The number of anilines is 1. The number of aromatic nitrogens is 4. The van der Waals surface area contributed by atoms with Crippen LogP contribution in [0, 0.1) is 0 Å². The fourth-order valence-electron chi connectivity index (χ4n) is 2.83. The quantitative estimate of drug-likeness (QED) is 0.568. The summed E-state index contributed by atoms with van der Waals surface area (Å²) in [6, 6.07) is 0. The standard InChI is InChI=1S/C13H16N5O5PS/c1-2-3-20-24(25)21-4-7-10(23-24)9(19)13(22-7)18-6-17-8-11(14)15-5-16-12(8)18/h2,5-7,9-10,13,19H,1,3-4H2,(H2,14,15,16)/t7-,9?,10?,13-,24?/m1/s1. The fraction of sp³-hybridized carbons (Fsp3) is 0.462. The number of imidazole rings is 1. The predicted octanol–water partition coefficient (Wildman–Crippen LogP) is 0.509. The van der Waals surface area contributed by atoms with Gasteiger partial charge in [0.2, 0.25) is 0 Å². The van der Waals surface area contributed by atoms with Crippen LogP contribution < -0.4 is 5.73 Å². The molecule has 2 aromatic rings. The molecule has 4 rings (SSSR count).